The zero-order valence-corrected chi connectivity index (χ0v) is 13.7. The highest BCUT2D eigenvalue weighted by molar-refractivity contribution is 5.40. The first kappa shape index (κ1) is 14.8. The number of piperidine rings is 1. The van der Waals surface area contributed by atoms with E-state index in [1.165, 1.54) is 11.1 Å². The minimum absolute atomic E-state index is 0.0142. The van der Waals surface area contributed by atoms with E-state index in [1.54, 1.807) is 0 Å². The van der Waals surface area contributed by atoms with Gasteiger partial charge in [-0.25, -0.2) is 0 Å². The first-order valence-corrected chi connectivity index (χ1v) is 8.54. The number of rotatable bonds is 4. The average Bonchev–Trinajstić information content (AvgIpc) is 3.23. The summed E-state index contributed by atoms with van der Waals surface area (Å²) in [4.78, 5) is 7.06. The summed E-state index contributed by atoms with van der Waals surface area (Å²) in [5, 5.41) is 4.29. The van der Waals surface area contributed by atoms with E-state index in [4.69, 9.17) is 15.2 Å². The molecule has 0 radical (unpaired) electrons. The van der Waals surface area contributed by atoms with Crippen molar-refractivity contribution in [2.75, 3.05) is 13.1 Å². The summed E-state index contributed by atoms with van der Waals surface area (Å²) < 4.78 is 5.53. The van der Waals surface area contributed by atoms with Crippen molar-refractivity contribution in [2.24, 2.45) is 5.73 Å². The van der Waals surface area contributed by atoms with Gasteiger partial charge in [-0.15, -0.1) is 0 Å². The molecule has 2 fully saturated rings. The van der Waals surface area contributed by atoms with Crippen LogP contribution in [0.3, 0.4) is 0 Å². The number of likely N-dealkylation sites (tertiary alicyclic amines) is 1. The van der Waals surface area contributed by atoms with Crippen molar-refractivity contribution in [1.82, 2.24) is 15.0 Å². The van der Waals surface area contributed by atoms with Crippen LogP contribution < -0.4 is 5.73 Å². The zero-order chi connectivity index (χ0) is 15.9. The summed E-state index contributed by atoms with van der Waals surface area (Å²) in [5.41, 5.74) is 8.53. The summed E-state index contributed by atoms with van der Waals surface area (Å²) in [6.45, 7) is 4.88. The Morgan fingerprint density at radius 2 is 1.91 bits per heavy atom. The smallest absolute Gasteiger partial charge is 0.240 e. The average molecular weight is 312 g/mol. The van der Waals surface area contributed by atoms with E-state index in [-0.39, 0.29) is 5.41 Å². The summed E-state index contributed by atoms with van der Waals surface area (Å²) in [7, 11) is 0. The van der Waals surface area contributed by atoms with Gasteiger partial charge in [0.1, 0.15) is 0 Å². The number of benzene rings is 1. The quantitative estimate of drug-likeness (QED) is 0.939. The molecule has 0 bridgehead atoms. The van der Waals surface area contributed by atoms with E-state index in [2.05, 4.69) is 41.2 Å². The molecule has 1 saturated carbocycles. The second kappa shape index (κ2) is 5.73. The van der Waals surface area contributed by atoms with Gasteiger partial charge in [0.15, 0.2) is 5.82 Å². The Balaban J connectivity index is 1.48. The number of aromatic nitrogens is 2. The molecule has 1 aromatic carbocycles. The summed E-state index contributed by atoms with van der Waals surface area (Å²) >= 11 is 0. The Labute approximate surface area is 136 Å². The number of nitrogens with zero attached hydrogens (tertiary/aromatic N) is 3. The molecule has 2 aromatic rings. The maximum Gasteiger partial charge on any atom is 0.240 e. The SMILES string of the molecule is Cc1ccc(C2(c3noc(CN4CCC(N)CC4)n3)CC2)cc1. The molecule has 5 nitrogen and oxygen atoms in total. The fraction of sp³-hybridized carbons (Fsp3) is 0.556. The molecule has 1 aliphatic heterocycles. The first-order chi connectivity index (χ1) is 11.2. The predicted molar refractivity (Wildman–Crippen MR) is 88.0 cm³/mol. The summed E-state index contributed by atoms with van der Waals surface area (Å²) in [6, 6.07) is 9.07. The lowest BCUT2D eigenvalue weighted by Gasteiger charge is -2.28. The molecule has 0 amide bonds. The molecule has 23 heavy (non-hydrogen) atoms. The standard InChI is InChI=1S/C18H24N4O/c1-13-2-4-14(5-3-13)18(8-9-18)17-20-16(23-21-17)12-22-10-6-15(19)7-11-22/h2-5,15H,6-12,19H2,1H3. The normalized spacial score (nSPS) is 21.5. The van der Waals surface area contributed by atoms with Crippen LogP contribution in [0.15, 0.2) is 28.8 Å². The van der Waals surface area contributed by atoms with Gasteiger partial charge in [0.05, 0.1) is 12.0 Å². The largest absolute Gasteiger partial charge is 0.338 e. The van der Waals surface area contributed by atoms with Crippen molar-refractivity contribution in [3.8, 4) is 0 Å². The molecular formula is C18H24N4O. The number of hydrogen-bond acceptors (Lipinski definition) is 5. The van der Waals surface area contributed by atoms with Crippen molar-refractivity contribution in [2.45, 2.75) is 50.6 Å². The Morgan fingerprint density at radius 1 is 1.22 bits per heavy atom. The van der Waals surface area contributed by atoms with Gasteiger partial charge in [0.2, 0.25) is 5.89 Å². The van der Waals surface area contributed by atoms with Crippen LogP contribution in [0.1, 0.15) is 48.5 Å². The van der Waals surface area contributed by atoms with E-state index in [9.17, 15) is 0 Å². The van der Waals surface area contributed by atoms with E-state index < -0.39 is 0 Å². The van der Waals surface area contributed by atoms with Gasteiger partial charge in [-0.05, 0) is 38.2 Å². The number of aryl methyl sites for hydroxylation is 1. The topological polar surface area (TPSA) is 68.2 Å². The monoisotopic (exact) mass is 312 g/mol. The third-order valence-corrected chi connectivity index (χ3v) is 5.24. The van der Waals surface area contributed by atoms with Gasteiger partial charge in [0, 0.05) is 19.1 Å². The molecule has 1 saturated heterocycles. The van der Waals surface area contributed by atoms with Crippen LogP contribution in [0, 0.1) is 6.92 Å². The lowest BCUT2D eigenvalue weighted by atomic mass is 9.94. The molecule has 5 heteroatoms. The first-order valence-electron chi connectivity index (χ1n) is 8.54. The third kappa shape index (κ3) is 2.91. The Hall–Kier alpha value is -1.72. The van der Waals surface area contributed by atoms with Crippen LogP contribution in [-0.4, -0.2) is 34.2 Å². The lowest BCUT2D eigenvalue weighted by Crippen LogP contribution is -2.39. The molecule has 0 unspecified atom stereocenters. The van der Waals surface area contributed by atoms with Crippen molar-refractivity contribution in [3.63, 3.8) is 0 Å². The van der Waals surface area contributed by atoms with Gasteiger partial charge in [-0.1, -0.05) is 35.0 Å². The highest BCUT2D eigenvalue weighted by Crippen LogP contribution is 2.52. The van der Waals surface area contributed by atoms with Gasteiger partial charge in [0.25, 0.3) is 0 Å². The van der Waals surface area contributed by atoms with E-state index in [0.29, 0.717) is 6.04 Å². The minimum atomic E-state index is -0.0142. The summed E-state index contributed by atoms with van der Waals surface area (Å²) in [5.74, 6) is 1.58. The molecular weight excluding hydrogens is 288 g/mol. The van der Waals surface area contributed by atoms with Crippen molar-refractivity contribution >= 4 is 0 Å². The highest BCUT2D eigenvalue weighted by Gasteiger charge is 2.50. The maximum atomic E-state index is 5.96. The van der Waals surface area contributed by atoms with Crippen LogP contribution in [-0.2, 0) is 12.0 Å². The van der Waals surface area contributed by atoms with Crippen molar-refractivity contribution in [3.05, 3.63) is 47.1 Å². The Kier molecular flexibility index (Phi) is 3.70. The van der Waals surface area contributed by atoms with Crippen molar-refractivity contribution in [1.29, 1.82) is 0 Å². The second-order valence-corrected chi connectivity index (χ2v) is 7.07. The fourth-order valence-corrected chi connectivity index (χ4v) is 3.45. The zero-order valence-electron chi connectivity index (χ0n) is 13.7. The molecule has 1 aromatic heterocycles. The van der Waals surface area contributed by atoms with E-state index in [0.717, 1.165) is 57.0 Å². The van der Waals surface area contributed by atoms with Gasteiger partial charge < -0.3 is 10.3 Å². The predicted octanol–water partition coefficient (Wildman–Crippen LogP) is 2.38. The third-order valence-electron chi connectivity index (χ3n) is 5.24. The molecule has 0 atom stereocenters. The Morgan fingerprint density at radius 3 is 2.57 bits per heavy atom. The van der Waals surface area contributed by atoms with Crippen LogP contribution in [0.4, 0.5) is 0 Å². The molecule has 2 aliphatic rings. The number of nitrogens with two attached hydrogens (primary N) is 1. The molecule has 2 heterocycles. The molecule has 4 rings (SSSR count). The lowest BCUT2D eigenvalue weighted by molar-refractivity contribution is 0.181. The second-order valence-electron chi connectivity index (χ2n) is 7.07. The van der Waals surface area contributed by atoms with Crippen molar-refractivity contribution < 1.29 is 4.52 Å². The van der Waals surface area contributed by atoms with Crippen LogP contribution in [0.2, 0.25) is 0 Å². The van der Waals surface area contributed by atoms with Crippen LogP contribution in [0.5, 0.6) is 0 Å². The molecule has 2 N–H and O–H groups in total. The van der Waals surface area contributed by atoms with Gasteiger partial charge in [-0.3, -0.25) is 4.90 Å². The minimum Gasteiger partial charge on any atom is -0.338 e. The Bertz CT molecular complexity index is 667. The molecule has 1 aliphatic carbocycles. The van der Waals surface area contributed by atoms with E-state index >= 15 is 0 Å². The molecule has 122 valence electrons. The molecule has 0 spiro atoms. The fourth-order valence-electron chi connectivity index (χ4n) is 3.45. The van der Waals surface area contributed by atoms with Gasteiger partial charge in [-0.2, -0.15) is 4.98 Å². The van der Waals surface area contributed by atoms with E-state index in [1.807, 2.05) is 0 Å². The number of hydrogen-bond donors (Lipinski definition) is 1. The summed E-state index contributed by atoms with van der Waals surface area (Å²) in [6.07, 6.45) is 4.31. The van der Waals surface area contributed by atoms with Crippen LogP contribution in [0.25, 0.3) is 0 Å². The highest BCUT2D eigenvalue weighted by atomic mass is 16.5. The van der Waals surface area contributed by atoms with Gasteiger partial charge >= 0.3 is 0 Å². The van der Waals surface area contributed by atoms with Crippen LogP contribution >= 0.6 is 0 Å². The maximum absolute atomic E-state index is 5.96.